The van der Waals surface area contributed by atoms with E-state index in [2.05, 4.69) is 51.5 Å². The molecule has 5 N–H and O–H groups in total. The summed E-state index contributed by atoms with van der Waals surface area (Å²) < 4.78 is 12.0. The van der Waals surface area contributed by atoms with Gasteiger partial charge in [0.05, 0.1) is 5.70 Å². The minimum Gasteiger partial charge on any atom is -0.458 e. The average molecular weight is 539 g/mol. The topological polar surface area (TPSA) is 133 Å². The van der Waals surface area contributed by atoms with E-state index >= 15 is 0 Å². The molecule has 0 spiro atoms. The Balaban J connectivity index is 1.54. The van der Waals surface area contributed by atoms with Gasteiger partial charge in [0, 0.05) is 5.69 Å². The van der Waals surface area contributed by atoms with Crippen molar-refractivity contribution < 1.29 is 19.1 Å². The maximum Gasteiger partial charge on any atom is 0.342 e. The molecule has 1 aromatic heterocycles. The molecule has 1 aliphatic heterocycles. The summed E-state index contributed by atoms with van der Waals surface area (Å²) in [4.78, 5) is 34.0. The van der Waals surface area contributed by atoms with Crippen LogP contribution in [-0.4, -0.2) is 35.0 Å². The molecule has 2 saturated carbocycles. The Kier molecular flexibility index (Phi) is 8.33. The van der Waals surface area contributed by atoms with Crippen molar-refractivity contribution >= 4 is 29.7 Å². The minimum absolute atomic E-state index is 0.138. The summed E-state index contributed by atoms with van der Waals surface area (Å²) in [6.45, 7) is 16.7. The quantitative estimate of drug-likeness (QED) is 0.407. The van der Waals surface area contributed by atoms with Crippen LogP contribution in [0.15, 0.2) is 21.8 Å². The summed E-state index contributed by atoms with van der Waals surface area (Å²) in [7, 11) is 0. The number of aliphatic imine (C=N–C) groups is 1. The molecule has 3 aliphatic rings. The first-order valence-electron chi connectivity index (χ1n) is 14.5. The van der Waals surface area contributed by atoms with Crippen LogP contribution in [0.25, 0.3) is 6.08 Å². The molecular formula is C31H46N4O4. The first-order valence-corrected chi connectivity index (χ1v) is 14.5. The van der Waals surface area contributed by atoms with Crippen molar-refractivity contribution in [2.75, 3.05) is 5.73 Å². The lowest BCUT2D eigenvalue weighted by Gasteiger charge is -2.37. The number of aromatic amines is 1. The maximum absolute atomic E-state index is 13.2. The maximum atomic E-state index is 13.2. The lowest BCUT2D eigenvalue weighted by atomic mass is 9.75. The number of carbonyl (C=O) groups excluding carboxylic acids is 2. The number of esters is 2. The van der Waals surface area contributed by atoms with Crippen LogP contribution in [0.5, 0.6) is 0 Å². The minimum atomic E-state index is -0.438. The number of rotatable bonds is 5. The number of nitrogens with two attached hydrogens (primary N) is 2. The van der Waals surface area contributed by atoms with Gasteiger partial charge in [0.2, 0.25) is 0 Å². The highest BCUT2D eigenvalue weighted by molar-refractivity contribution is 6.21. The van der Waals surface area contributed by atoms with Gasteiger partial charge in [0.25, 0.3) is 0 Å². The van der Waals surface area contributed by atoms with Crippen molar-refractivity contribution in [3.63, 3.8) is 0 Å². The van der Waals surface area contributed by atoms with E-state index in [-0.39, 0.29) is 35.7 Å². The van der Waals surface area contributed by atoms with Gasteiger partial charge in [-0.1, -0.05) is 41.5 Å². The summed E-state index contributed by atoms with van der Waals surface area (Å²) in [5.74, 6) is 1.93. The van der Waals surface area contributed by atoms with E-state index in [0.29, 0.717) is 57.3 Å². The third kappa shape index (κ3) is 5.80. The fourth-order valence-corrected chi connectivity index (χ4v) is 7.39. The zero-order valence-corrected chi connectivity index (χ0v) is 24.8. The van der Waals surface area contributed by atoms with Crippen LogP contribution in [0.3, 0.4) is 0 Å². The van der Waals surface area contributed by atoms with Crippen LogP contribution in [0, 0.1) is 42.4 Å². The number of aromatic nitrogens is 1. The molecule has 4 rings (SSSR count). The predicted molar refractivity (Wildman–Crippen MR) is 155 cm³/mol. The Bertz CT molecular complexity index is 1200. The van der Waals surface area contributed by atoms with Crippen LogP contribution in [0.2, 0.25) is 0 Å². The van der Waals surface area contributed by atoms with Crippen molar-refractivity contribution in [3.8, 4) is 0 Å². The van der Waals surface area contributed by atoms with E-state index < -0.39 is 11.9 Å². The normalized spacial score (nSPS) is 34.3. The number of amidine groups is 1. The second kappa shape index (κ2) is 11.2. The van der Waals surface area contributed by atoms with Gasteiger partial charge in [-0.15, -0.1) is 0 Å². The molecule has 4 unspecified atom stereocenters. The SMILES string of the molecule is CC1=C(C(=O)OC2C(C)CC(C)CC2C)C(N)=N/C1=C\c1[nH]c(N)c(C(=O)OC2C(C)CC(C)CC2C)c1C. The van der Waals surface area contributed by atoms with Crippen molar-refractivity contribution in [3.05, 3.63) is 33.7 Å². The molecule has 8 nitrogen and oxygen atoms in total. The Morgan fingerprint density at radius 2 is 1.28 bits per heavy atom. The second-order valence-electron chi connectivity index (χ2n) is 12.8. The average Bonchev–Trinajstić information content (AvgIpc) is 3.26. The zero-order valence-electron chi connectivity index (χ0n) is 24.8. The monoisotopic (exact) mass is 538 g/mol. The van der Waals surface area contributed by atoms with E-state index in [1.807, 2.05) is 13.8 Å². The molecule has 1 aromatic rings. The smallest absolute Gasteiger partial charge is 0.342 e. The van der Waals surface area contributed by atoms with Gasteiger partial charge < -0.3 is 25.9 Å². The Morgan fingerprint density at radius 1 is 0.821 bits per heavy atom. The first kappa shape index (κ1) is 29.0. The number of anilines is 1. The summed E-state index contributed by atoms with van der Waals surface area (Å²) in [5.41, 5.74) is 15.6. The summed E-state index contributed by atoms with van der Waals surface area (Å²) in [5, 5.41) is 0. The number of H-pyrrole nitrogens is 1. The summed E-state index contributed by atoms with van der Waals surface area (Å²) >= 11 is 0. The van der Waals surface area contributed by atoms with E-state index in [9.17, 15) is 9.59 Å². The molecule has 0 radical (unpaired) electrons. The van der Waals surface area contributed by atoms with Crippen molar-refractivity contribution in [2.45, 2.75) is 93.3 Å². The number of ether oxygens (including phenoxy) is 2. The van der Waals surface area contributed by atoms with Crippen LogP contribution in [0.4, 0.5) is 5.82 Å². The van der Waals surface area contributed by atoms with Crippen LogP contribution >= 0.6 is 0 Å². The van der Waals surface area contributed by atoms with Crippen LogP contribution in [-0.2, 0) is 14.3 Å². The number of hydrogen-bond donors (Lipinski definition) is 3. The Morgan fingerprint density at radius 3 is 1.77 bits per heavy atom. The predicted octanol–water partition coefficient (Wildman–Crippen LogP) is 5.77. The Hall–Kier alpha value is -3.03. The summed E-state index contributed by atoms with van der Waals surface area (Å²) in [6, 6.07) is 0. The molecule has 0 aromatic carbocycles. The number of hydrogen-bond acceptors (Lipinski definition) is 7. The molecule has 0 saturated heterocycles. The van der Waals surface area contributed by atoms with E-state index in [4.69, 9.17) is 20.9 Å². The highest BCUT2D eigenvalue weighted by atomic mass is 16.5. The fourth-order valence-electron chi connectivity index (χ4n) is 7.39. The van der Waals surface area contributed by atoms with Gasteiger partial charge >= 0.3 is 11.9 Å². The number of nitrogen functional groups attached to an aromatic ring is 1. The van der Waals surface area contributed by atoms with Crippen LogP contribution in [0.1, 0.15) is 95.8 Å². The van der Waals surface area contributed by atoms with Gasteiger partial charge in [-0.05, 0) is 92.3 Å². The van der Waals surface area contributed by atoms with E-state index in [1.165, 1.54) is 0 Å². The molecule has 39 heavy (non-hydrogen) atoms. The van der Waals surface area contributed by atoms with Gasteiger partial charge in [0.15, 0.2) is 0 Å². The molecular weight excluding hydrogens is 492 g/mol. The molecule has 8 heteroatoms. The lowest BCUT2D eigenvalue weighted by Crippen LogP contribution is -2.38. The standard InChI is InChI=1S/C31H46N4O4/c1-14-9-16(3)26(17(4)10-14)38-30(36)24-20(7)22(34-28(24)32)13-23-21(8)25(29(33)35-23)31(37)39-27-18(5)11-15(2)12-19(27)6/h13-19,26-27,34H,9-12,32H2,1-8H3,(H2,33,35)/b23-13-. The number of nitrogens with zero attached hydrogens (tertiary/aromatic N) is 1. The number of nitrogens with one attached hydrogen (secondary N) is 1. The second-order valence-corrected chi connectivity index (χ2v) is 12.8. The van der Waals surface area contributed by atoms with Crippen molar-refractivity contribution in [1.82, 2.24) is 4.98 Å². The first-order chi connectivity index (χ1) is 18.3. The van der Waals surface area contributed by atoms with Gasteiger partial charge in [-0.2, -0.15) is 0 Å². The van der Waals surface area contributed by atoms with Gasteiger partial charge in [0.1, 0.15) is 35.0 Å². The Labute approximate surface area is 232 Å². The number of carbonyl (C=O) groups is 2. The molecule has 2 fully saturated rings. The fraction of sp³-hybridized carbons (Fsp3) is 0.645. The molecule has 214 valence electrons. The molecule has 4 atom stereocenters. The highest BCUT2D eigenvalue weighted by Crippen LogP contribution is 2.38. The van der Waals surface area contributed by atoms with Crippen molar-refractivity contribution in [2.24, 2.45) is 46.2 Å². The third-order valence-corrected chi connectivity index (χ3v) is 9.09. The highest BCUT2D eigenvalue weighted by Gasteiger charge is 2.37. The summed E-state index contributed by atoms with van der Waals surface area (Å²) in [6.07, 6.45) is 5.62. The van der Waals surface area contributed by atoms with Gasteiger partial charge in [-0.25, -0.2) is 14.6 Å². The molecule has 0 bridgehead atoms. The molecule has 0 amide bonds. The van der Waals surface area contributed by atoms with E-state index in [0.717, 1.165) is 25.7 Å². The van der Waals surface area contributed by atoms with Crippen molar-refractivity contribution in [1.29, 1.82) is 0 Å². The largest absolute Gasteiger partial charge is 0.458 e. The zero-order chi connectivity index (χ0) is 28.8. The van der Waals surface area contributed by atoms with Crippen LogP contribution < -0.4 is 11.5 Å². The molecule has 2 aliphatic carbocycles. The van der Waals surface area contributed by atoms with Gasteiger partial charge in [-0.3, -0.25) is 0 Å². The number of allylic oxidation sites excluding steroid dienone is 1. The van der Waals surface area contributed by atoms with E-state index in [1.54, 1.807) is 6.08 Å². The lowest BCUT2D eigenvalue weighted by molar-refractivity contribution is -0.152. The molecule has 2 heterocycles. The third-order valence-electron chi connectivity index (χ3n) is 9.09.